The lowest BCUT2D eigenvalue weighted by atomic mass is 9.87. The van der Waals surface area contributed by atoms with Gasteiger partial charge in [-0.05, 0) is 17.7 Å². The van der Waals surface area contributed by atoms with E-state index in [1.54, 1.807) is 0 Å². The molecule has 2 aromatic rings. The van der Waals surface area contributed by atoms with Crippen LogP contribution in [0.5, 0.6) is 28.7 Å². The standard InChI is InChI=1S/C21H22O11/c22-6-14-17(28)18(29)19(30)21(32-14)16-11(26)4-10(25)15-12(27)5-13(31-20(15)16)7-1-2-8(23)9(24)3-7/h1-4,13-14,17-19,21-26,28-30H,5-6H2/t13-,14+,17+,18-,19+,21?/m0/s1. The first-order valence-electron chi connectivity index (χ1n) is 9.75. The molecule has 0 saturated carbocycles. The molecule has 11 heteroatoms. The molecule has 6 atom stereocenters. The normalized spacial score (nSPS) is 29.9. The molecule has 8 N–H and O–H groups in total. The Hall–Kier alpha value is -3.09. The number of hydrogen-bond donors (Lipinski definition) is 8. The Morgan fingerprint density at radius 3 is 2.25 bits per heavy atom. The van der Waals surface area contributed by atoms with Gasteiger partial charge in [-0.1, -0.05) is 6.07 Å². The van der Waals surface area contributed by atoms with E-state index in [1.165, 1.54) is 18.2 Å². The zero-order valence-electron chi connectivity index (χ0n) is 16.5. The third-order valence-corrected chi connectivity index (χ3v) is 5.74. The van der Waals surface area contributed by atoms with Gasteiger partial charge in [0.05, 0.1) is 18.6 Å². The predicted molar refractivity (Wildman–Crippen MR) is 105 cm³/mol. The maximum atomic E-state index is 12.8. The zero-order valence-corrected chi connectivity index (χ0v) is 16.5. The topological polar surface area (TPSA) is 197 Å². The van der Waals surface area contributed by atoms with Crippen molar-refractivity contribution in [3.05, 3.63) is 41.0 Å². The molecule has 0 aromatic heterocycles. The second-order valence-corrected chi connectivity index (χ2v) is 7.76. The molecule has 172 valence electrons. The minimum absolute atomic E-state index is 0.246. The number of aromatic hydroxyl groups is 4. The number of ketones is 1. The van der Waals surface area contributed by atoms with Crippen molar-refractivity contribution in [2.45, 2.75) is 43.0 Å². The Morgan fingerprint density at radius 2 is 1.59 bits per heavy atom. The van der Waals surface area contributed by atoms with Crippen molar-refractivity contribution in [1.82, 2.24) is 0 Å². The van der Waals surface area contributed by atoms with E-state index in [9.17, 15) is 45.6 Å². The van der Waals surface area contributed by atoms with Crippen LogP contribution in [0.2, 0.25) is 0 Å². The minimum Gasteiger partial charge on any atom is -0.507 e. The third-order valence-electron chi connectivity index (χ3n) is 5.74. The summed E-state index contributed by atoms with van der Waals surface area (Å²) in [6.07, 6.45) is -9.22. The fourth-order valence-electron chi connectivity index (χ4n) is 4.03. The maximum absolute atomic E-state index is 12.8. The lowest BCUT2D eigenvalue weighted by molar-refractivity contribution is -0.232. The van der Waals surface area contributed by atoms with Gasteiger partial charge in [-0.3, -0.25) is 4.79 Å². The van der Waals surface area contributed by atoms with Crippen LogP contribution in [0.4, 0.5) is 0 Å². The monoisotopic (exact) mass is 450 g/mol. The predicted octanol–water partition coefficient (Wildman–Crippen LogP) is -0.270. The molecule has 2 heterocycles. The van der Waals surface area contributed by atoms with Crippen molar-refractivity contribution >= 4 is 5.78 Å². The first-order chi connectivity index (χ1) is 15.1. The van der Waals surface area contributed by atoms with Crippen molar-refractivity contribution in [2.24, 2.45) is 0 Å². The van der Waals surface area contributed by atoms with Crippen molar-refractivity contribution in [3.8, 4) is 28.7 Å². The van der Waals surface area contributed by atoms with E-state index in [4.69, 9.17) is 9.47 Å². The summed E-state index contributed by atoms with van der Waals surface area (Å²) in [6.45, 7) is -0.711. The molecule has 4 rings (SSSR count). The van der Waals surface area contributed by atoms with E-state index in [2.05, 4.69) is 0 Å². The average molecular weight is 450 g/mol. The van der Waals surface area contributed by atoms with E-state index >= 15 is 0 Å². The summed E-state index contributed by atoms with van der Waals surface area (Å²) in [7, 11) is 0. The second-order valence-electron chi connectivity index (χ2n) is 7.76. The number of carbonyl (C=O) groups is 1. The van der Waals surface area contributed by atoms with Crippen LogP contribution < -0.4 is 4.74 Å². The van der Waals surface area contributed by atoms with Gasteiger partial charge < -0.3 is 50.3 Å². The van der Waals surface area contributed by atoms with E-state index < -0.39 is 66.3 Å². The number of Topliss-reactive ketones (excluding diaryl/α,β-unsaturated/α-hetero) is 1. The fraction of sp³-hybridized carbons (Fsp3) is 0.381. The molecule has 1 unspecified atom stereocenters. The molecule has 0 bridgehead atoms. The highest BCUT2D eigenvalue weighted by atomic mass is 16.5. The summed E-state index contributed by atoms with van der Waals surface area (Å²) in [5.74, 6) is -2.92. The van der Waals surface area contributed by atoms with E-state index in [0.29, 0.717) is 5.56 Å². The van der Waals surface area contributed by atoms with Gasteiger partial charge in [-0.15, -0.1) is 0 Å². The number of fused-ring (bicyclic) bond motifs is 1. The molecule has 0 radical (unpaired) electrons. The Morgan fingerprint density at radius 1 is 0.875 bits per heavy atom. The molecular formula is C21H22O11. The summed E-state index contributed by atoms with van der Waals surface area (Å²) in [4.78, 5) is 12.8. The van der Waals surface area contributed by atoms with E-state index in [-0.39, 0.29) is 29.0 Å². The van der Waals surface area contributed by atoms with Gasteiger partial charge in [-0.25, -0.2) is 0 Å². The lowest BCUT2D eigenvalue weighted by Gasteiger charge is -2.41. The third kappa shape index (κ3) is 3.49. The van der Waals surface area contributed by atoms with Gasteiger partial charge in [0, 0.05) is 6.07 Å². The number of benzene rings is 2. The molecular weight excluding hydrogens is 428 g/mol. The number of ether oxygens (including phenoxy) is 2. The highest BCUT2D eigenvalue weighted by Crippen LogP contribution is 2.50. The number of hydrogen-bond acceptors (Lipinski definition) is 11. The number of aliphatic hydroxyl groups excluding tert-OH is 4. The zero-order chi connectivity index (χ0) is 23.3. The second kappa shape index (κ2) is 8.11. The first kappa shape index (κ1) is 22.1. The Kier molecular flexibility index (Phi) is 5.61. The number of carbonyl (C=O) groups excluding carboxylic acids is 1. The quantitative estimate of drug-likeness (QED) is 0.287. The molecule has 1 fully saturated rings. The Labute approximate surface area is 181 Å². The van der Waals surface area contributed by atoms with Crippen LogP contribution in [0.15, 0.2) is 24.3 Å². The molecule has 2 aliphatic heterocycles. The highest BCUT2D eigenvalue weighted by Gasteiger charge is 2.47. The summed E-state index contributed by atoms with van der Waals surface area (Å²) in [5, 5.41) is 80.2. The summed E-state index contributed by atoms with van der Waals surface area (Å²) in [5.41, 5.74) is -0.244. The van der Waals surface area contributed by atoms with E-state index in [1.807, 2.05) is 0 Å². The Balaban J connectivity index is 1.82. The van der Waals surface area contributed by atoms with Crippen LogP contribution in [-0.4, -0.2) is 77.7 Å². The van der Waals surface area contributed by atoms with Gasteiger partial charge in [0.1, 0.15) is 59.4 Å². The van der Waals surface area contributed by atoms with Gasteiger partial charge in [0.2, 0.25) is 0 Å². The lowest BCUT2D eigenvalue weighted by Crippen LogP contribution is -2.55. The van der Waals surface area contributed by atoms with Crippen molar-refractivity contribution in [3.63, 3.8) is 0 Å². The SMILES string of the molecule is O=C1C[C@@H](c2ccc(O)c(O)c2)Oc2c1c(O)cc(O)c2C1O[C@H](CO)[C@@H](O)[C@H](O)[C@H]1O. The van der Waals surface area contributed by atoms with Crippen molar-refractivity contribution < 1.29 is 55.1 Å². The van der Waals surface area contributed by atoms with Gasteiger partial charge in [0.25, 0.3) is 0 Å². The number of aliphatic hydroxyl groups is 4. The molecule has 0 spiro atoms. The first-order valence-corrected chi connectivity index (χ1v) is 9.75. The molecule has 0 aliphatic carbocycles. The fourth-order valence-corrected chi connectivity index (χ4v) is 4.03. The van der Waals surface area contributed by atoms with Crippen molar-refractivity contribution in [1.29, 1.82) is 0 Å². The van der Waals surface area contributed by atoms with Gasteiger partial charge >= 0.3 is 0 Å². The molecule has 2 aromatic carbocycles. The summed E-state index contributed by atoms with van der Waals surface area (Å²) in [6, 6.07) is 4.67. The minimum atomic E-state index is -1.77. The van der Waals surface area contributed by atoms with Crippen molar-refractivity contribution in [2.75, 3.05) is 6.61 Å². The van der Waals surface area contributed by atoms with Crippen LogP contribution in [0.1, 0.15) is 40.1 Å². The van der Waals surface area contributed by atoms with Crippen LogP contribution in [0.3, 0.4) is 0 Å². The molecule has 11 nitrogen and oxygen atoms in total. The van der Waals surface area contributed by atoms with Crippen LogP contribution in [0.25, 0.3) is 0 Å². The highest BCUT2D eigenvalue weighted by molar-refractivity contribution is 6.03. The maximum Gasteiger partial charge on any atom is 0.174 e. The van der Waals surface area contributed by atoms with Crippen LogP contribution >= 0.6 is 0 Å². The van der Waals surface area contributed by atoms with Crippen LogP contribution in [0, 0.1) is 0 Å². The molecule has 2 aliphatic rings. The number of phenolic OH excluding ortho intramolecular Hbond substituents is 4. The smallest absolute Gasteiger partial charge is 0.174 e. The average Bonchev–Trinajstić information content (AvgIpc) is 2.74. The molecule has 1 saturated heterocycles. The van der Waals surface area contributed by atoms with Gasteiger partial charge in [0.15, 0.2) is 17.3 Å². The van der Waals surface area contributed by atoms with Crippen LogP contribution in [-0.2, 0) is 4.74 Å². The molecule has 0 amide bonds. The van der Waals surface area contributed by atoms with Gasteiger partial charge in [-0.2, -0.15) is 0 Å². The summed E-state index contributed by atoms with van der Waals surface area (Å²) >= 11 is 0. The largest absolute Gasteiger partial charge is 0.507 e. The Bertz CT molecular complexity index is 1050. The number of phenols is 4. The van der Waals surface area contributed by atoms with E-state index in [0.717, 1.165) is 6.07 Å². The molecule has 32 heavy (non-hydrogen) atoms. The summed E-state index contributed by atoms with van der Waals surface area (Å²) < 4.78 is 11.4. The number of rotatable bonds is 3.